The number of esters is 1. The molecule has 4 heteroatoms. The molecule has 0 bridgehead atoms. The van der Waals surface area contributed by atoms with Crippen molar-refractivity contribution in [1.29, 1.82) is 0 Å². The largest absolute Gasteiger partial charge is 0.478 e. The number of rotatable bonds is 3. The second-order valence-corrected chi connectivity index (χ2v) is 4.78. The molecule has 0 saturated carbocycles. The quantitative estimate of drug-likeness (QED) is 0.589. The Morgan fingerprint density at radius 1 is 0.773 bits per heavy atom. The monoisotopic (exact) mass is 292 g/mol. The van der Waals surface area contributed by atoms with Crippen LogP contribution in [0.5, 0.6) is 5.75 Å². The van der Waals surface area contributed by atoms with E-state index in [0.29, 0.717) is 11.3 Å². The maximum absolute atomic E-state index is 12.1. The molecule has 22 heavy (non-hydrogen) atoms. The van der Waals surface area contributed by atoms with Crippen molar-refractivity contribution in [2.45, 2.75) is 0 Å². The number of ether oxygens (including phenoxy) is 1. The number of carboxylic acid groups (broad SMARTS) is 1. The predicted octanol–water partition coefficient (Wildman–Crippen LogP) is 3.76. The predicted molar refractivity (Wildman–Crippen MR) is 82.3 cm³/mol. The number of carbonyl (C=O) groups is 2. The molecule has 1 N–H and O–H groups in total. The second-order valence-electron chi connectivity index (χ2n) is 4.78. The first-order chi connectivity index (χ1) is 10.6. The van der Waals surface area contributed by atoms with E-state index < -0.39 is 11.9 Å². The van der Waals surface area contributed by atoms with E-state index in [0.717, 1.165) is 10.8 Å². The van der Waals surface area contributed by atoms with Crippen molar-refractivity contribution < 1.29 is 19.4 Å². The van der Waals surface area contributed by atoms with Crippen LogP contribution in [0.2, 0.25) is 0 Å². The van der Waals surface area contributed by atoms with Crippen LogP contribution in [0.4, 0.5) is 0 Å². The molecular weight excluding hydrogens is 280 g/mol. The van der Waals surface area contributed by atoms with Gasteiger partial charge in [-0.2, -0.15) is 0 Å². The van der Waals surface area contributed by atoms with Crippen LogP contribution in [0.1, 0.15) is 20.7 Å². The lowest BCUT2D eigenvalue weighted by Gasteiger charge is -2.06. The number of carbonyl (C=O) groups excluding carboxylic acids is 1. The van der Waals surface area contributed by atoms with Crippen molar-refractivity contribution in [3.63, 3.8) is 0 Å². The molecule has 0 unspecified atom stereocenters. The molecule has 3 rings (SSSR count). The number of hydrogen-bond acceptors (Lipinski definition) is 3. The van der Waals surface area contributed by atoms with Crippen LogP contribution in [0, 0.1) is 0 Å². The van der Waals surface area contributed by atoms with Gasteiger partial charge in [0.15, 0.2) is 0 Å². The Bertz CT molecular complexity index is 853. The molecule has 0 saturated heterocycles. The first-order valence-electron chi connectivity index (χ1n) is 6.68. The van der Waals surface area contributed by atoms with Crippen LogP contribution in [0.25, 0.3) is 10.8 Å². The number of hydrogen-bond donors (Lipinski definition) is 1. The fraction of sp³-hybridized carbons (Fsp3) is 0. The molecule has 0 aromatic heterocycles. The van der Waals surface area contributed by atoms with E-state index in [4.69, 9.17) is 9.84 Å². The van der Waals surface area contributed by atoms with Crippen LogP contribution in [0.15, 0.2) is 66.7 Å². The third-order valence-corrected chi connectivity index (χ3v) is 3.28. The Hall–Kier alpha value is -3.14. The number of para-hydroxylation sites is 1. The summed E-state index contributed by atoms with van der Waals surface area (Å²) in [5.41, 5.74) is 0.631. The molecule has 0 aliphatic heterocycles. The SMILES string of the molecule is O=C(O)c1ccc2cc(C(=O)Oc3ccccc3)ccc2c1. The third kappa shape index (κ3) is 2.81. The van der Waals surface area contributed by atoms with Crippen molar-refractivity contribution >= 4 is 22.7 Å². The third-order valence-electron chi connectivity index (χ3n) is 3.28. The number of carboxylic acids is 1. The van der Waals surface area contributed by atoms with Crippen LogP contribution in [0.3, 0.4) is 0 Å². The average molecular weight is 292 g/mol. The van der Waals surface area contributed by atoms with Gasteiger partial charge in [-0.15, -0.1) is 0 Å². The standard InChI is InChI=1S/C18H12O4/c19-17(20)14-8-6-13-11-15(9-7-12(13)10-14)18(21)22-16-4-2-1-3-5-16/h1-11H,(H,19,20). The minimum Gasteiger partial charge on any atom is -0.478 e. The van der Waals surface area contributed by atoms with Crippen molar-refractivity contribution in [3.05, 3.63) is 77.9 Å². The maximum Gasteiger partial charge on any atom is 0.343 e. The topological polar surface area (TPSA) is 63.6 Å². The summed E-state index contributed by atoms with van der Waals surface area (Å²) in [7, 11) is 0. The van der Waals surface area contributed by atoms with Gasteiger partial charge in [0.05, 0.1) is 11.1 Å². The highest BCUT2D eigenvalue weighted by atomic mass is 16.5. The lowest BCUT2D eigenvalue weighted by atomic mass is 10.0. The lowest BCUT2D eigenvalue weighted by Crippen LogP contribution is -2.08. The zero-order valence-corrected chi connectivity index (χ0v) is 11.5. The Labute approximate surface area is 126 Å². The Morgan fingerprint density at radius 2 is 1.36 bits per heavy atom. The summed E-state index contributed by atoms with van der Waals surface area (Å²) in [6, 6.07) is 18.6. The molecule has 0 aliphatic carbocycles. The average Bonchev–Trinajstić information content (AvgIpc) is 2.54. The van der Waals surface area contributed by atoms with Crippen molar-refractivity contribution in [3.8, 4) is 5.75 Å². The number of benzene rings is 3. The molecule has 0 heterocycles. The normalized spacial score (nSPS) is 10.4. The van der Waals surface area contributed by atoms with Crippen molar-refractivity contribution in [2.75, 3.05) is 0 Å². The summed E-state index contributed by atoms with van der Waals surface area (Å²) in [5, 5.41) is 10.5. The van der Waals surface area contributed by atoms with Gasteiger partial charge in [0.2, 0.25) is 0 Å². The molecule has 4 nitrogen and oxygen atoms in total. The van der Waals surface area contributed by atoms with Gasteiger partial charge < -0.3 is 9.84 Å². The van der Waals surface area contributed by atoms with Crippen LogP contribution < -0.4 is 4.74 Å². The highest BCUT2D eigenvalue weighted by Gasteiger charge is 2.10. The highest BCUT2D eigenvalue weighted by Crippen LogP contribution is 2.19. The van der Waals surface area contributed by atoms with Crippen LogP contribution in [-0.4, -0.2) is 17.0 Å². The van der Waals surface area contributed by atoms with E-state index in [9.17, 15) is 9.59 Å². The van der Waals surface area contributed by atoms with Gasteiger partial charge in [-0.3, -0.25) is 0 Å². The minimum atomic E-state index is -0.977. The first kappa shape index (κ1) is 13.8. The molecule has 108 valence electrons. The van der Waals surface area contributed by atoms with Gasteiger partial charge in [-0.1, -0.05) is 30.3 Å². The van der Waals surface area contributed by atoms with Gasteiger partial charge in [-0.05, 0) is 47.2 Å². The molecule has 3 aromatic rings. The van der Waals surface area contributed by atoms with Crippen LogP contribution in [-0.2, 0) is 0 Å². The Balaban J connectivity index is 1.90. The summed E-state index contributed by atoms with van der Waals surface area (Å²) in [6.45, 7) is 0. The fourth-order valence-electron chi connectivity index (χ4n) is 2.16. The number of aromatic carboxylic acids is 1. The van der Waals surface area contributed by atoms with E-state index in [1.54, 1.807) is 54.6 Å². The summed E-state index contributed by atoms with van der Waals surface area (Å²) < 4.78 is 5.28. The van der Waals surface area contributed by atoms with Gasteiger partial charge in [0.25, 0.3) is 0 Å². The van der Waals surface area contributed by atoms with Gasteiger partial charge >= 0.3 is 11.9 Å². The van der Waals surface area contributed by atoms with Crippen molar-refractivity contribution in [2.24, 2.45) is 0 Å². The maximum atomic E-state index is 12.1. The molecule has 0 fully saturated rings. The summed E-state index contributed by atoms with van der Waals surface area (Å²) in [5.74, 6) is -0.946. The molecule has 0 spiro atoms. The summed E-state index contributed by atoms with van der Waals surface area (Å²) in [6.07, 6.45) is 0. The van der Waals surface area contributed by atoms with E-state index in [2.05, 4.69) is 0 Å². The van der Waals surface area contributed by atoms with Gasteiger partial charge in [-0.25, -0.2) is 9.59 Å². The summed E-state index contributed by atoms with van der Waals surface area (Å²) in [4.78, 5) is 23.1. The number of fused-ring (bicyclic) bond motifs is 1. The molecule has 0 atom stereocenters. The highest BCUT2D eigenvalue weighted by molar-refractivity contribution is 5.99. The second kappa shape index (κ2) is 5.69. The molecular formula is C18H12O4. The van der Waals surface area contributed by atoms with Gasteiger partial charge in [0.1, 0.15) is 5.75 Å². The van der Waals surface area contributed by atoms with E-state index in [1.807, 2.05) is 6.07 Å². The van der Waals surface area contributed by atoms with Crippen LogP contribution >= 0.6 is 0 Å². The molecule has 0 aliphatic rings. The van der Waals surface area contributed by atoms with E-state index >= 15 is 0 Å². The Morgan fingerprint density at radius 3 is 2.00 bits per heavy atom. The first-order valence-corrected chi connectivity index (χ1v) is 6.68. The molecule has 0 radical (unpaired) electrons. The smallest absolute Gasteiger partial charge is 0.343 e. The molecule has 3 aromatic carbocycles. The molecule has 0 amide bonds. The minimum absolute atomic E-state index is 0.215. The fourth-order valence-corrected chi connectivity index (χ4v) is 2.16. The van der Waals surface area contributed by atoms with E-state index in [-0.39, 0.29) is 5.56 Å². The van der Waals surface area contributed by atoms with E-state index in [1.165, 1.54) is 6.07 Å². The summed E-state index contributed by atoms with van der Waals surface area (Å²) >= 11 is 0. The lowest BCUT2D eigenvalue weighted by molar-refractivity contribution is 0.0694. The Kier molecular flexibility index (Phi) is 3.58. The zero-order chi connectivity index (χ0) is 15.5. The zero-order valence-electron chi connectivity index (χ0n) is 11.5. The van der Waals surface area contributed by atoms with Gasteiger partial charge in [0, 0.05) is 0 Å². The van der Waals surface area contributed by atoms with Crippen molar-refractivity contribution in [1.82, 2.24) is 0 Å².